The van der Waals surface area contributed by atoms with E-state index in [1.54, 1.807) is 4.90 Å². The monoisotopic (exact) mass is 378 g/mol. The van der Waals surface area contributed by atoms with Crippen molar-refractivity contribution >= 4 is 6.09 Å². The molecule has 2 aliphatic rings. The second-order valence-corrected chi connectivity index (χ2v) is 9.38. The van der Waals surface area contributed by atoms with E-state index in [1.165, 1.54) is 11.1 Å². The summed E-state index contributed by atoms with van der Waals surface area (Å²) >= 11 is 0. The summed E-state index contributed by atoms with van der Waals surface area (Å²) in [6.07, 6.45) is -0.785. The number of likely N-dealkylation sites (tertiary alicyclic amines) is 1. The number of amides is 1. The Kier molecular flexibility index (Phi) is 4.70. The highest BCUT2D eigenvalue weighted by molar-refractivity contribution is 5.66. The molecule has 4 rings (SSSR count). The smallest absolute Gasteiger partial charge is 0.407 e. The number of benzene rings is 2. The number of rotatable bonds is 5. The third kappa shape index (κ3) is 3.20. The molecule has 3 atom stereocenters. The van der Waals surface area contributed by atoms with Gasteiger partial charge in [-0.3, -0.25) is 4.90 Å². The van der Waals surface area contributed by atoms with Crippen molar-refractivity contribution in [2.75, 3.05) is 13.1 Å². The van der Waals surface area contributed by atoms with Gasteiger partial charge in [0.15, 0.2) is 0 Å². The Bertz CT molecular complexity index is 789. The first-order valence-electron chi connectivity index (χ1n) is 10.1. The first-order chi connectivity index (χ1) is 13.3. The zero-order valence-corrected chi connectivity index (χ0v) is 17.0. The van der Waals surface area contributed by atoms with Crippen LogP contribution in [0.4, 0.5) is 4.79 Å². The largest absolute Gasteiger partial charge is 0.465 e. The Labute approximate surface area is 167 Å². The summed E-state index contributed by atoms with van der Waals surface area (Å²) < 4.78 is 0. The third-order valence-corrected chi connectivity index (χ3v) is 6.85. The standard InChI is InChI=1S/C24H30N2O2/c1-23(2,3)24-17-26(22(27)28)16-20(24)21(24)25(14-18-10-6-4-7-11-18)15-19-12-8-5-9-13-19/h4-13,20-21H,14-17H2,1-3H3,(H,27,28). The number of hydrogen-bond donors (Lipinski definition) is 1. The molecule has 4 nitrogen and oxygen atoms in total. The Balaban J connectivity index is 1.64. The summed E-state index contributed by atoms with van der Waals surface area (Å²) in [4.78, 5) is 15.8. The fourth-order valence-corrected chi connectivity index (χ4v) is 5.44. The Morgan fingerprint density at radius 3 is 1.93 bits per heavy atom. The SMILES string of the molecule is CC(C)(C)C12CN(C(=O)O)CC1C2N(Cc1ccccc1)Cc1ccccc1. The van der Waals surface area contributed by atoms with Crippen LogP contribution >= 0.6 is 0 Å². The lowest BCUT2D eigenvalue weighted by Gasteiger charge is -2.36. The molecule has 1 N–H and O–H groups in total. The normalized spacial score (nSPS) is 26.4. The molecule has 3 unspecified atom stereocenters. The summed E-state index contributed by atoms with van der Waals surface area (Å²) in [5.74, 6) is 0.399. The van der Waals surface area contributed by atoms with Crippen LogP contribution in [-0.4, -0.2) is 40.1 Å². The van der Waals surface area contributed by atoms with Gasteiger partial charge < -0.3 is 10.0 Å². The zero-order valence-electron chi connectivity index (χ0n) is 17.0. The van der Waals surface area contributed by atoms with Gasteiger partial charge in [0.05, 0.1) is 0 Å². The van der Waals surface area contributed by atoms with E-state index >= 15 is 0 Å². The minimum absolute atomic E-state index is 0.0228. The van der Waals surface area contributed by atoms with E-state index in [-0.39, 0.29) is 10.8 Å². The van der Waals surface area contributed by atoms with Crippen LogP contribution in [0.25, 0.3) is 0 Å². The van der Waals surface area contributed by atoms with E-state index in [0.29, 0.717) is 25.0 Å². The van der Waals surface area contributed by atoms with Crippen LogP contribution in [0.5, 0.6) is 0 Å². The van der Waals surface area contributed by atoms with Crippen molar-refractivity contribution in [3.05, 3.63) is 71.8 Å². The molecular weight excluding hydrogens is 348 g/mol. The summed E-state index contributed by atoms with van der Waals surface area (Å²) in [6, 6.07) is 21.6. The van der Waals surface area contributed by atoms with Crippen LogP contribution in [0.15, 0.2) is 60.7 Å². The molecule has 1 saturated heterocycles. The lowest BCUT2D eigenvalue weighted by molar-refractivity contribution is 0.0938. The van der Waals surface area contributed by atoms with Crippen LogP contribution in [0.2, 0.25) is 0 Å². The topological polar surface area (TPSA) is 43.8 Å². The summed E-state index contributed by atoms with van der Waals surface area (Å²) in [5, 5.41) is 9.54. The number of nitrogens with zero attached hydrogens (tertiary/aromatic N) is 2. The van der Waals surface area contributed by atoms with Crippen molar-refractivity contribution in [1.29, 1.82) is 0 Å². The lowest BCUT2D eigenvalue weighted by atomic mass is 9.76. The molecule has 148 valence electrons. The van der Waals surface area contributed by atoms with Crippen LogP contribution < -0.4 is 0 Å². The maximum Gasteiger partial charge on any atom is 0.407 e. The predicted molar refractivity (Wildman–Crippen MR) is 111 cm³/mol. The number of piperidine rings is 1. The molecule has 28 heavy (non-hydrogen) atoms. The lowest BCUT2D eigenvalue weighted by Crippen LogP contribution is -2.43. The molecule has 1 aliphatic carbocycles. The van der Waals surface area contributed by atoms with Crippen molar-refractivity contribution in [3.63, 3.8) is 0 Å². The minimum Gasteiger partial charge on any atom is -0.465 e. The van der Waals surface area contributed by atoms with E-state index in [2.05, 4.69) is 86.3 Å². The molecule has 0 bridgehead atoms. The number of carboxylic acid groups (broad SMARTS) is 1. The average molecular weight is 379 g/mol. The van der Waals surface area contributed by atoms with Gasteiger partial charge in [-0.2, -0.15) is 0 Å². The van der Waals surface area contributed by atoms with Gasteiger partial charge in [-0.25, -0.2) is 4.79 Å². The Morgan fingerprint density at radius 2 is 1.54 bits per heavy atom. The molecule has 1 amide bonds. The van der Waals surface area contributed by atoms with Crippen molar-refractivity contribution in [2.24, 2.45) is 16.7 Å². The first-order valence-corrected chi connectivity index (χ1v) is 10.1. The maximum atomic E-state index is 11.6. The highest BCUT2D eigenvalue weighted by Crippen LogP contribution is 2.69. The fourth-order valence-electron chi connectivity index (χ4n) is 5.44. The van der Waals surface area contributed by atoms with Gasteiger partial charge in [0.2, 0.25) is 0 Å². The molecule has 1 heterocycles. The van der Waals surface area contributed by atoms with E-state index in [9.17, 15) is 9.90 Å². The maximum absolute atomic E-state index is 11.6. The number of carbonyl (C=O) groups is 1. The molecule has 2 aromatic carbocycles. The second-order valence-electron chi connectivity index (χ2n) is 9.38. The zero-order chi connectivity index (χ0) is 19.9. The van der Waals surface area contributed by atoms with Gasteiger partial charge in [-0.15, -0.1) is 0 Å². The Morgan fingerprint density at radius 1 is 1.04 bits per heavy atom. The second kappa shape index (κ2) is 6.93. The van der Waals surface area contributed by atoms with E-state index < -0.39 is 6.09 Å². The van der Waals surface area contributed by atoms with Gasteiger partial charge in [-0.05, 0) is 16.5 Å². The predicted octanol–water partition coefficient (Wildman–Crippen LogP) is 4.71. The highest BCUT2D eigenvalue weighted by atomic mass is 16.4. The minimum atomic E-state index is -0.785. The summed E-state index contributed by atoms with van der Waals surface area (Å²) in [6.45, 7) is 9.89. The average Bonchev–Trinajstić information content (AvgIpc) is 3.12. The van der Waals surface area contributed by atoms with Gasteiger partial charge >= 0.3 is 6.09 Å². The Hall–Kier alpha value is -2.33. The molecule has 0 spiro atoms. The molecular formula is C24H30N2O2. The van der Waals surface area contributed by atoms with Crippen LogP contribution in [0, 0.1) is 16.7 Å². The third-order valence-electron chi connectivity index (χ3n) is 6.85. The van der Waals surface area contributed by atoms with Crippen LogP contribution in [0.1, 0.15) is 31.9 Å². The van der Waals surface area contributed by atoms with E-state index in [1.807, 2.05) is 0 Å². The van der Waals surface area contributed by atoms with E-state index in [0.717, 1.165) is 13.1 Å². The van der Waals surface area contributed by atoms with Gasteiger partial charge in [0, 0.05) is 43.6 Å². The number of fused-ring (bicyclic) bond motifs is 1. The summed E-state index contributed by atoms with van der Waals surface area (Å²) in [5.41, 5.74) is 2.69. The molecule has 0 aromatic heterocycles. The van der Waals surface area contributed by atoms with Gasteiger partial charge in [-0.1, -0.05) is 81.4 Å². The van der Waals surface area contributed by atoms with Crippen molar-refractivity contribution in [3.8, 4) is 0 Å². The highest BCUT2D eigenvalue weighted by Gasteiger charge is 2.75. The molecule has 2 aromatic rings. The summed E-state index contributed by atoms with van der Waals surface area (Å²) in [7, 11) is 0. The fraction of sp³-hybridized carbons (Fsp3) is 0.458. The molecule has 1 aliphatic heterocycles. The van der Waals surface area contributed by atoms with Crippen molar-refractivity contribution in [2.45, 2.75) is 39.9 Å². The van der Waals surface area contributed by atoms with Gasteiger partial charge in [0.1, 0.15) is 0 Å². The van der Waals surface area contributed by atoms with E-state index in [4.69, 9.17) is 0 Å². The quantitative estimate of drug-likeness (QED) is 0.819. The molecule has 0 radical (unpaired) electrons. The molecule has 4 heteroatoms. The first kappa shape index (κ1) is 19.0. The van der Waals surface area contributed by atoms with Gasteiger partial charge in [0.25, 0.3) is 0 Å². The molecule has 2 fully saturated rings. The molecule has 1 saturated carbocycles. The number of hydrogen-bond acceptors (Lipinski definition) is 2. The van der Waals surface area contributed by atoms with Crippen LogP contribution in [0.3, 0.4) is 0 Å². The van der Waals surface area contributed by atoms with Crippen molar-refractivity contribution in [1.82, 2.24) is 9.80 Å². The van der Waals surface area contributed by atoms with Crippen molar-refractivity contribution < 1.29 is 9.90 Å². The van der Waals surface area contributed by atoms with Crippen LogP contribution in [-0.2, 0) is 13.1 Å².